The lowest BCUT2D eigenvalue weighted by Crippen LogP contribution is -2.28. The van der Waals surface area contributed by atoms with Crippen LogP contribution in [-0.4, -0.2) is 18.3 Å². The maximum atomic E-state index is 10.1. The highest BCUT2D eigenvalue weighted by atomic mass is 127. The number of ether oxygens (including phenoxy) is 1. The Morgan fingerprint density at radius 3 is 2.64 bits per heavy atom. The number of halogens is 1. The van der Waals surface area contributed by atoms with Gasteiger partial charge in [0.25, 0.3) is 0 Å². The normalized spacial score (nSPS) is 31.4. The van der Waals surface area contributed by atoms with E-state index < -0.39 is 0 Å². The molecule has 3 rings (SSSR count). The van der Waals surface area contributed by atoms with Crippen molar-refractivity contribution in [3.63, 3.8) is 0 Å². The summed E-state index contributed by atoms with van der Waals surface area (Å²) in [5.74, 6) is 1.25. The van der Waals surface area contributed by atoms with Gasteiger partial charge in [-0.25, -0.2) is 0 Å². The number of benzene rings is 1. The second kappa shape index (κ2) is 6.21. The van der Waals surface area contributed by atoms with Crippen LogP contribution in [0.5, 0.6) is 5.75 Å². The van der Waals surface area contributed by atoms with Gasteiger partial charge in [-0.15, -0.1) is 0 Å². The van der Waals surface area contributed by atoms with Gasteiger partial charge in [-0.1, -0.05) is 34.6 Å². The number of aliphatic hydroxyl groups is 1. The number of rotatable bonds is 3. The monoisotopic (exact) mass is 428 g/mol. The van der Waals surface area contributed by atoms with Crippen LogP contribution in [-0.2, 0) is 0 Å². The van der Waals surface area contributed by atoms with Crippen molar-refractivity contribution >= 4 is 35.7 Å². The van der Waals surface area contributed by atoms with E-state index in [4.69, 9.17) is 4.74 Å². The number of methoxy groups -OCH3 is 1. The third-order valence-electron chi connectivity index (χ3n) is 5.11. The molecule has 2 aliphatic carbocycles. The fourth-order valence-electron chi connectivity index (χ4n) is 4.06. The maximum absolute atomic E-state index is 10.1. The molecule has 1 fully saturated rings. The standard InChI is InChI=1S/C18H21IO2S/c1-11-15-8-13(20)9-18(15,2)10-16(22-19)17(11)12-4-6-14(21-3)7-5-12/h4-7,13,15,20H,1,8-10H2,2-3H3/t13-,15+,18+/m0/s1. The van der Waals surface area contributed by atoms with Crippen molar-refractivity contribution in [2.75, 3.05) is 7.11 Å². The van der Waals surface area contributed by atoms with Gasteiger partial charge < -0.3 is 9.84 Å². The summed E-state index contributed by atoms with van der Waals surface area (Å²) in [4.78, 5) is 1.38. The average molecular weight is 428 g/mol. The molecular weight excluding hydrogens is 407 g/mol. The number of hydrogen-bond acceptors (Lipinski definition) is 3. The van der Waals surface area contributed by atoms with Gasteiger partial charge in [0.05, 0.1) is 13.2 Å². The number of fused-ring (bicyclic) bond motifs is 1. The number of allylic oxidation sites excluding steroid dienone is 3. The van der Waals surface area contributed by atoms with E-state index >= 15 is 0 Å². The highest BCUT2D eigenvalue weighted by Gasteiger charge is 2.48. The molecule has 22 heavy (non-hydrogen) atoms. The van der Waals surface area contributed by atoms with Crippen molar-refractivity contribution in [1.82, 2.24) is 0 Å². The second-order valence-corrected chi connectivity index (χ2v) is 8.57. The van der Waals surface area contributed by atoms with Crippen molar-refractivity contribution < 1.29 is 9.84 Å². The smallest absolute Gasteiger partial charge is 0.118 e. The zero-order valence-corrected chi connectivity index (χ0v) is 15.9. The van der Waals surface area contributed by atoms with E-state index in [0.717, 1.165) is 25.0 Å². The van der Waals surface area contributed by atoms with Gasteiger partial charge in [-0.3, -0.25) is 0 Å². The van der Waals surface area contributed by atoms with Crippen molar-refractivity contribution in [3.05, 3.63) is 46.9 Å². The molecule has 118 valence electrons. The van der Waals surface area contributed by atoms with Gasteiger partial charge in [0, 0.05) is 26.1 Å². The molecule has 3 atom stereocenters. The highest BCUT2D eigenvalue weighted by molar-refractivity contribution is 14.2. The number of hydrogen-bond donors (Lipinski definition) is 1. The largest absolute Gasteiger partial charge is 0.497 e. The van der Waals surface area contributed by atoms with E-state index in [2.05, 4.69) is 46.8 Å². The number of aliphatic hydroxyl groups excluding tert-OH is 1. The van der Waals surface area contributed by atoms with Crippen molar-refractivity contribution in [2.24, 2.45) is 11.3 Å². The third-order valence-corrected chi connectivity index (χ3v) is 7.24. The minimum absolute atomic E-state index is 0.153. The van der Waals surface area contributed by atoms with Crippen molar-refractivity contribution in [2.45, 2.75) is 32.3 Å². The first-order chi connectivity index (χ1) is 10.5. The molecule has 0 amide bonds. The molecular formula is C18H21IO2S. The Labute approximate surface area is 148 Å². The highest BCUT2D eigenvalue weighted by Crippen LogP contribution is 2.59. The lowest BCUT2D eigenvalue weighted by Gasteiger charge is -2.39. The fraction of sp³-hybridized carbons (Fsp3) is 0.444. The van der Waals surface area contributed by atoms with Crippen LogP contribution < -0.4 is 4.74 Å². The fourth-order valence-corrected chi connectivity index (χ4v) is 5.90. The lowest BCUT2D eigenvalue weighted by molar-refractivity contribution is 0.163. The van der Waals surface area contributed by atoms with Crippen molar-refractivity contribution in [1.29, 1.82) is 0 Å². The Morgan fingerprint density at radius 1 is 1.36 bits per heavy atom. The first kappa shape index (κ1) is 16.4. The SMILES string of the molecule is C=C1C(c2ccc(OC)cc2)=C(SI)C[C@@]2(C)C[C@@H](O)C[C@H]12. The Balaban J connectivity index is 2.04. The Morgan fingerprint density at radius 2 is 2.05 bits per heavy atom. The zero-order valence-electron chi connectivity index (χ0n) is 12.9. The van der Waals surface area contributed by atoms with Crippen LogP contribution in [0.1, 0.15) is 31.7 Å². The summed E-state index contributed by atoms with van der Waals surface area (Å²) < 4.78 is 5.26. The quantitative estimate of drug-likeness (QED) is 0.669. The van der Waals surface area contributed by atoms with Gasteiger partial charge in [0.15, 0.2) is 0 Å². The van der Waals surface area contributed by atoms with Crippen LogP contribution in [0.2, 0.25) is 0 Å². The van der Waals surface area contributed by atoms with E-state index in [0.29, 0.717) is 5.92 Å². The first-order valence-corrected chi connectivity index (χ1v) is 10.9. The molecule has 4 heteroatoms. The second-order valence-electron chi connectivity index (χ2n) is 6.61. The molecule has 1 aromatic rings. The predicted molar refractivity (Wildman–Crippen MR) is 102 cm³/mol. The molecule has 2 nitrogen and oxygen atoms in total. The van der Waals surface area contributed by atoms with E-state index in [9.17, 15) is 5.11 Å². The van der Waals surface area contributed by atoms with Gasteiger partial charge in [0.2, 0.25) is 0 Å². The molecule has 0 spiro atoms. The van der Waals surface area contributed by atoms with E-state index in [-0.39, 0.29) is 11.5 Å². The summed E-state index contributed by atoms with van der Waals surface area (Å²) in [6.45, 7) is 6.72. The van der Waals surface area contributed by atoms with Crippen molar-refractivity contribution in [3.8, 4) is 5.75 Å². The van der Waals surface area contributed by atoms with Crippen LogP contribution in [0.4, 0.5) is 0 Å². The summed E-state index contributed by atoms with van der Waals surface area (Å²) in [5.41, 5.74) is 3.82. The summed E-state index contributed by atoms with van der Waals surface area (Å²) >= 11 is 2.37. The minimum Gasteiger partial charge on any atom is -0.497 e. The molecule has 0 bridgehead atoms. The summed E-state index contributed by atoms with van der Waals surface area (Å²) in [6, 6.07) is 8.23. The van der Waals surface area contributed by atoms with Crippen LogP contribution >= 0.6 is 30.1 Å². The topological polar surface area (TPSA) is 29.5 Å². The molecule has 0 radical (unpaired) electrons. The maximum Gasteiger partial charge on any atom is 0.118 e. The van der Waals surface area contributed by atoms with E-state index in [1.807, 2.05) is 12.1 Å². The average Bonchev–Trinajstić information content (AvgIpc) is 2.82. The predicted octanol–water partition coefficient (Wildman–Crippen LogP) is 5.23. The third kappa shape index (κ3) is 2.74. The lowest BCUT2D eigenvalue weighted by atomic mass is 9.67. The van der Waals surface area contributed by atoms with Gasteiger partial charge in [-0.2, -0.15) is 0 Å². The van der Waals surface area contributed by atoms with Gasteiger partial charge >= 0.3 is 0 Å². The molecule has 0 aliphatic heterocycles. The van der Waals surface area contributed by atoms with E-state index in [1.54, 1.807) is 16.0 Å². The molecule has 0 aromatic heterocycles. The van der Waals surface area contributed by atoms with Gasteiger partial charge in [0.1, 0.15) is 5.75 Å². The molecule has 1 aromatic carbocycles. The molecule has 2 aliphatic rings. The Kier molecular flexibility index (Phi) is 4.63. The van der Waals surface area contributed by atoms with Gasteiger partial charge in [-0.05, 0) is 59.4 Å². The minimum atomic E-state index is -0.192. The van der Waals surface area contributed by atoms with Crippen LogP contribution in [0.15, 0.2) is 41.3 Å². The molecule has 0 unspecified atom stereocenters. The Hall–Kier alpha value is -0.460. The summed E-state index contributed by atoms with van der Waals surface area (Å²) in [5, 5.41) is 10.1. The summed E-state index contributed by atoms with van der Waals surface area (Å²) in [6.07, 6.45) is 2.56. The molecule has 1 saturated carbocycles. The van der Waals surface area contributed by atoms with Crippen LogP contribution in [0.3, 0.4) is 0 Å². The Bertz CT molecular complexity index is 622. The molecule has 1 N–H and O–H groups in total. The zero-order chi connectivity index (χ0) is 15.9. The molecule has 0 saturated heterocycles. The van der Waals surface area contributed by atoms with Crippen LogP contribution in [0, 0.1) is 11.3 Å². The summed E-state index contributed by atoms with van der Waals surface area (Å²) in [7, 11) is 3.47. The van der Waals surface area contributed by atoms with E-state index in [1.165, 1.54) is 21.6 Å². The van der Waals surface area contributed by atoms with Crippen LogP contribution in [0.25, 0.3) is 5.57 Å². The first-order valence-electron chi connectivity index (χ1n) is 7.52. The molecule has 0 heterocycles.